The van der Waals surface area contributed by atoms with Gasteiger partial charge in [-0.15, -0.1) is 0 Å². The third kappa shape index (κ3) is 12.7. The molecule has 312 valence electrons. The molecule has 58 heavy (non-hydrogen) atoms. The predicted octanol–water partition coefficient (Wildman–Crippen LogP) is -5.78. The molecule has 0 aliphatic carbocycles. The van der Waals surface area contributed by atoms with E-state index < -0.39 is 60.3 Å². The van der Waals surface area contributed by atoms with Gasteiger partial charge in [0, 0.05) is 52.9 Å². The molecule has 23 heteroatoms. The summed E-state index contributed by atoms with van der Waals surface area (Å²) in [6, 6.07) is 21.9. The first-order valence-electron chi connectivity index (χ1n) is 18.7. The lowest BCUT2D eigenvalue weighted by atomic mass is 9.70. The van der Waals surface area contributed by atoms with Gasteiger partial charge >= 0.3 is 42.7 Å². The van der Waals surface area contributed by atoms with Gasteiger partial charge in [-0.2, -0.15) is 0 Å². The van der Waals surface area contributed by atoms with Crippen molar-refractivity contribution >= 4 is 70.0 Å². The van der Waals surface area contributed by atoms with E-state index in [0.717, 1.165) is 16.4 Å². The molecule has 4 fully saturated rings. The van der Waals surface area contributed by atoms with Crippen molar-refractivity contribution in [2.45, 2.75) is 13.7 Å². The summed E-state index contributed by atoms with van der Waals surface area (Å²) in [5.74, 6) is 0. The number of aryl methyl sites for hydroxylation is 1. The SMILES string of the molecule is CB1OCC2(CO1)COB(c1ccc(B3OCC4(COB(c5ccc(C)cc5)OC4)CO3)cc1)OC2.O.OB(O)c1ccc(B(O)O)cc1.OCC(CO)(CO)CO. The fourth-order valence-corrected chi connectivity index (χ4v) is 6.05. The molecule has 4 aliphatic heterocycles. The smallest absolute Gasteiger partial charge is 0.423 e. The first-order chi connectivity index (χ1) is 27.4. The quantitative estimate of drug-likeness (QED) is 0.0937. The summed E-state index contributed by atoms with van der Waals surface area (Å²) in [6.07, 6.45) is 0. The molecule has 0 unspecified atom stereocenters. The summed E-state index contributed by atoms with van der Waals surface area (Å²) < 4.78 is 47.6. The van der Waals surface area contributed by atoms with E-state index in [2.05, 4.69) is 19.1 Å². The number of rotatable bonds is 9. The van der Waals surface area contributed by atoms with Crippen LogP contribution >= 0.6 is 0 Å². The van der Waals surface area contributed by atoms with Gasteiger partial charge in [-0.1, -0.05) is 78.4 Å². The van der Waals surface area contributed by atoms with E-state index in [0.29, 0.717) is 63.8 Å². The maximum atomic E-state index is 8.68. The van der Waals surface area contributed by atoms with E-state index in [1.54, 1.807) is 0 Å². The van der Waals surface area contributed by atoms with Crippen LogP contribution in [0.2, 0.25) is 6.82 Å². The van der Waals surface area contributed by atoms with Gasteiger partial charge in [0.1, 0.15) is 0 Å². The van der Waals surface area contributed by atoms with Crippen LogP contribution in [0.3, 0.4) is 0 Å². The molecule has 0 bridgehead atoms. The molecule has 10 N–H and O–H groups in total. The highest BCUT2D eigenvalue weighted by molar-refractivity contribution is 6.64. The van der Waals surface area contributed by atoms with Gasteiger partial charge in [-0.05, 0) is 41.1 Å². The molecule has 3 aromatic carbocycles. The number of aliphatic hydroxyl groups excluding tert-OH is 4. The first kappa shape index (κ1) is 48.0. The van der Waals surface area contributed by atoms with Crippen LogP contribution in [0, 0.1) is 23.2 Å². The lowest BCUT2D eigenvalue weighted by molar-refractivity contribution is -0.0802. The van der Waals surface area contributed by atoms with E-state index in [1.165, 1.54) is 29.8 Å². The van der Waals surface area contributed by atoms with Crippen molar-refractivity contribution in [2.24, 2.45) is 16.2 Å². The second-order valence-electron chi connectivity index (χ2n) is 15.2. The summed E-state index contributed by atoms with van der Waals surface area (Å²) in [4.78, 5) is 0. The van der Waals surface area contributed by atoms with Crippen LogP contribution in [0.15, 0.2) is 72.8 Å². The lowest BCUT2D eigenvalue weighted by Gasteiger charge is -2.43. The monoisotopic (exact) mass is 810 g/mol. The van der Waals surface area contributed by atoms with Crippen molar-refractivity contribution in [1.82, 2.24) is 0 Å². The van der Waals surface area contributed by atoms with Crippen LogP contribution in [-0.2, 0) is 37.2 Å². The highest BCUT2D eigenvalue weighted by atomic mass is 16.6. The minimum atomic E-state index is -1.52. The van der Waals surface area contributed by atoms with Gasteiger partial charge in [0.15, 0.2) is 0 Å². The zero-order chi connectivity index (χ0) is 41.1. The summed E-state index contributed by atoms with van der Waals surface area (Å²) in [5, 5.41) is 68.7. The van der Waals surface area contributed by atoms with Crippen molar-refractivity contribution in [3.8, 4) is 0 Å². The number of aliphatic hydroxyl groups is 4. The van der Waals surface area contributed by atoms with Gasteiger partial charge in [0.25, 0.3) is 0 Å². The standard InChI is InChI=1S/C24H30B4O8.C6H8B2O4.C5H12O4.H2O/c1-19-3-5-20(6-4-19)26-33-15-24(16-34-26)17-35-28(36-18-24)22-9-7-21(8-10-22)27-31-13-23(14-32-27)11-29-25(2)30-12-23;9-7(10)5-1-2-6(4-3-5)8(11)12;6-1-5(2-7,3-8)4-9;/h3-10H,11-18H2,1-2H3;1-4,9-12H;6-9H,1-4H2;1H2. The molecule has 0 saturated carbocycles. The number of benzene rings is 3. The number of hydrogen-bond donors (Lipinski definition) is 8. The molecule has 4 heterocycles. The van der Waals surface area contributed by atoms with Crippen LogP contribution in [0.5, 0.6) is 0 Å². The fraction of sp³-hybridized carbons (Fsp3) is 0.486. The molecule has 4 aliphatic rings. The Balaban J connectivity index is 0.000000279. The normalized spacial score (nSPS) is 18.7. The van der Waals surface area contributed by atoms with Gasteiger partial charge in [0.2, 0.25) is 0 Å². The van der Waals surface area contributed by atoms with Crippen LogP contribution < -0.4 is 27.3 Å². The topological polar surface area (TPSA) is 267 Å². The molecule has 0 radical (unpaired) electrons. The van der Waals surface area contributed by atoms with Crippen LogP contribution in [0.25, 0.3) is 0 Å². The van der Waals surface area contributed by atoms with Crippen molar-refractivity contribution in [2.75, 3.05) is 79.3 Å². The Kier molecular flexibility index (Phi) is 18.5. The van der Waals surface area contributed by atoms with E-state index in [1.807, 2.05) is 43.2 Å². The van der Waals surface area contributed by atoms with Gasteiger partial charge in [0.05, 0.1) is 42.7 Å². The Hall–Kier alpha value is -2.63. The molecule has 7 rings (SSSR count). The van der Waals surface area contributed by atoms with E-state index >= 15 is 0 Å². The molecule has 0 amide bonds. The minimum absolute atomic E-state index is 0. The highest BCUT2D eigenvalue weighted by Gasteiger charge is 2.46. The molecule has 17 nitrogen and oxygen atoms in total. The first-order valence-corrected chi connectivity index (χ1v) is 18.7. The Labute approximate surface area is 340 Å². The van der Waals surface area contributed by atoms with Crippen molar-refractivity contribution in [3.63, 3.8) is 0 Å². The molecule has 0 atom stereocenters. The molecular formula is C35H52B6O17. The Morgan fingerprint density at radius 2 is 0.741 bits per heavy atom. The molecule has 3 aromatic rings. The Morgan fingerprint density at radius 1 is 0.483 bits per heavy atom. The largest absolute Gasteiger partial charge is 0.493 e. The van der Waals surface area contributed by atoms with Gasteiger partial charge in [-0.3, -0.25) is 0 Å². The zero-order valence-corrected chi connectivity index (χ0v) is 32.7. The second-order valence-corrected chi connectivity index (χ2v) is 15.2. The maximum Gasteiger partial charge on any atom is 0.493 e. The average molecular weight is 810 g/mol. The van der Waals surface area contributed by atoms with E-state index in [-0.39, 0.29) is 30.5 Å². The van der Waals surface area contributed by atoms with Crippen LogP contribution in [0.4, 0.5) is 0 Å². The average Bonchev–Trinajstić information content (AvgIpc) is 3.25. The van der Waals surface area contributed by atoms with Crippen molar-refractivity contribution in [3.05, 3.63) is 78.4 Å². The second kappa shape index (κ2) is 22.3. The predicted molar refractivity (Wildman–Crippen MR) is 218 cm³/mol. The number of hydrogen-bond acceptors (Lipinski definition) is 16. The fourth-order valence-electron chi connectivity index (χ4n) is 6.05. The summed E-state index contributed by atoms with van der Waals surface area (Å²) >= 11 is 0. The molecule has 2 spiro atoms. The third-order valence-corrected chi connectivity index (χ3v) is 10.2. The highest BCUT2D eigenvalue weighted by Crippen LogP contribution is 2.30. The molecule has 4 saturated heterocycles. The molecule has 0 aromatic heterocycles. The van der Waals surface area contributed by atoms with Gasteiger partial charge in [-0.25, -0.2) is 0 Å². The minimum Gasteiger partial charge on any atom is -0.423 e. The van der Waals surface area contributed by atoms with E-state index in [9.17, 15) is 0 Å². The summed E-state index contributed by atoms with van der Waals surface area (Å²) in [6.45, 7) is 6.68. The van der Waals surface area contributed by atoms with Gasteiger partial charge < -0.3 is 83.2 Å². The summed E-state index contributed by atoms with van der Waals surface area (Å²) in [7, 11) is -4.38. The summed E-state index contributed by atoms with van der Waals surface area (Å²) in [5.41, 5.74) is 3.17. The van der Waals surface area contributed by atoms with Crippen molar-refractivity contribution < 1.29 is 83.2 Å². The maximum absolute atomic E-state index is 8.68. The molecular weight excluding hydrogens is 757 g/mol. The Bertz CT molecular complexity index is 1560. The Morgan fingerprint density at radius 3 is 0.983 bits per heavy atom. The van der Waals surface area contributed by atoms with Crippen LogP contribution in [0.1, 0.15) is 5.56 Å². The lowest BCUT2D eigenvalue weighted by Crippen LogP contribution is -2.58. The zero-order valence-electron chi connectivity index (χ0n) is 32.7. The van der Waals surface area contributed by atoms with Crippen LogP contribution in [-0.4, -0.2) is 168 Å². The van der Waals surface area contributed by atoms with Crippen molar-refractivity contribution in [1.29, 1.82) is 0 Å². The third-order valence-electron chi connectivity index (χ3n) is 10.2. The van der Waals surface area contributed by atoms with E-state index in [4.69, 9.17) is 77.8 Å².